The van der Waals surface area contributed by atoms with Crippen molar-refractivity contribution in [3.8, 4) is 0 Å². The Morgan fingerprint density at radius 2 is 2.05 bits per heavy atom. The SMILES string of the molecule is CC(C)C(CN(C)C)N=C1NC2(CCOCC2)CS1. The third-order valence-corrected chi connectivity index (χ3v) is 5.09. The van der Waals surface area contributed by atoms with Crippen LogP contribution in [0.3, 0.4) is 0 Å². The van der Waals surface area contributed by atoms with Gasteiger partial charge in [0.25, 0.3) is 0 Å². The molecular formula is C14H27N3OS. The number of amidine groups is 1. The van der Waals surface area contributed by atoms with E-state index >= 15 is 0 Å². The van der Waals surface area contributed by atoms with Crippen molar-refractivity contribution in [2.24, 2.45) is 10.9 Å². The van der Waals surface area contributed by atoms with Gasteiger partial charge in [0.1, 0.15) is 0 Å². The van der Waals surface area contributed by atoms with Crippen molar-refractivity contribution in [3.05, 3.63) is 0 Å². The molecule has 1 unspecified atom stereocenters. The number of thioether (sulfide) groups is 1. The second-order valence-corrected chi connectivity index (χ2v) is 7.28. The molecule has 2 rings (SSSR count). The Bertz CT molecular complexity index is 325. The number of hydrogen-bond donors (Lipinski definition) is 1. The van der Waals surface area contributed by atoms with Gasteiger partial charge in [0.2, 0.25) is 0 Å². The standard InChI is InChI=1S/C14H27N3OS/c1-11(2)12(9-17(3)4)15-13-16-14(10-19-13)5-7-18-8-6-14/h11-12H,5-10H2,1-4H3,(H,15,16). The van der Waals surface area contributed by atoms with Gasteiger partial charge < -0.3 is 15.0 Å². The highest BCUT2D eigenvalue weighted by molar-refractivity contribution is 8.14. The average Bonchev–Trinajstić information content (AvgIpc) is 2.71. The van der Waals surface area contributed by atoms with E-state index in [0.717, 1.165) is 43.5 Å². The zero-order valence-electron chi connectivity index (χ0n) is 12.6. The molecule has 0 aromatic heterocycles. The van der Waals surface area contributed by atoms with Crippen LogP contribution in [-0.2, 0) is 4.74 Å². The lowest BCUT2D eigenvalue weighted by Gasteiger charge is -2.32. The van der Waals surface area contributed by atoms with Gasteiger partial charge in [-0.05, 0) is 32.9 Å². The van der Waals surface area contributed by atoms with Crippen LogP contribution >= 0.6 is 11.8 Å². The van der Waals surface area contributed by atoms with Gasteiger partial charge in [0.15, 0.2) is 5.17 Å². The van der Waals surface area contributed by atoms with Crippen molar-refractivity contribution < 1.29 is 4.74 Å². The summed E-state index contributed by atoms with van der Waals surface area (Å²) >= 11 is 1.89. The molecule has 0 amide bonds. The van der Waals surface area contributed by atoms with Gasteiger partial charge in [-0.1, -0.05) is 25.6 Å². The molecule has 0 saturated carbocycles. The zero-order chi connectivity index (χ0) is 13.9. The van der Waals surface area contributed by atoms with E-state index in [9.17, 15) is 0 Å². The number of rotatable bonds is 4. The molecule has 0 bridgehead atoms. The number of hydrogen-bond acceptors (Lipinski definition) is 4. The van der Waals surface area contributed by atoms with Gasteiger partial charge in [-0.3, -0.25) is 4.99 Å². The highest BCUT2D eigenvalue weighted by atomic mass is 32.2. The third-order valence-electron chi connectivity index (χ3n) is 3.91. The molecule has 2 aliphatic rings. The van der Waals surface area contributed by atoms with Gasteiger partial charge in [-0.15, -0.1) is 0 Å². The minimum atomic E-state index is 0.251. The summed E-state index contributed by atoms with van der Waals surface area (Å²) in [6, 6.07) is 0.375. The molecule has 1 spiro atoms. The summed E-state index contributed by atoms with van der Waals surface area (Å²) in [4.78, 5) is 7.17. The Labute approximate surface area is 121 Å². The first kappa shape index (κ1) is 15.1. The van der Waals surface area contributed by atoms with Crippen LogP contribution in [0.25, 0.3) is 0 Å². The molecule has 1 N–H and O–H groups in total. The maximum Gasteiger partial charge on any atom is 0.157 e. The molecule has 0 aromatic rings. The fraction of sp³-hybridized carbons (Fsp3) is 0.929. The van der Waals surface area contributed by atoms with Crippen molar-refractivity contribution in [2.45, 2.75) is 38.3 Å². The second-order valence-electron chi connectivity index (χ2n) is 6.31. The molecule has 1 atom stereocenters. The molecule has 2 fully saturated rings. The van der Waals surface area contributed by atoms with Gasteiger partial charge in [0.05, 0.1) is 11.6 Å². The Kier molecular flexibility index (Phi) is 5.15. The molecule has 0 radical (unpaired) electrons. The Morgan fingerprint density at radius 1 is 1.37 bits per heavy atom. The van der Waals surface area contributed by atoms with E-state index in [1.807, 2.05) is 11.8 Å². The molecule has 5 heteroatoms. The number of likely N-dealkylation sites (N-methyl/N-ethyl adjacent to an activating group) is 1. The third kappa shape index (κ3) is 4.10. The van der Waals surface area contributed by atoms with E-state index in [0.29, 0.717) is 12.0 Å². The van der Waals surface area contributed by atoms with E-state index in [-0.39, 0.29) is 5.54 Å². The summed E-state index contributed by atoms with van der Waals surface area (Å²) < 4.78 is 5.47. The lowest BCUT2D eigenvalue weighted by Crippen LogP contribution is -2.48. The van der Waals surface area contributed by atoms with Crippen molar-refractivity contribution in [2.75, 3.05) is 39.6 Å². The van der Waals surface area contributed by atoms with Gasteiger partial charge in [-0.2, -0.15) is 0 Å². The van der Waals surface area contributed by atoms with E-state index in [1.165, 1.54) is 0 Å². The number of nitrogens with one attached hydrogen (secondary N) is 1. The van der Waals surface area contributed by atoms with Crippen LogP contribution in [0.4, 0.5) is 0 Å². The van der Waals surface area contributed by atoms with Crippen LogP contribution < -0.4 is 5.32 Å². The quantitative estimate of drug-likeness (QED) is 0.855. The molecule has 2 aliphatic heterocycles. The summed E-state index contributed by atoms with van der Waals surface area (Å²) in [6.07, 6.45) is 2.22. The van der Waals surface area contributed by atoms with E-state index in [1.54, 1.807) is 0 Å². The van der Waals surface area contributed by atoms with Crippen molar-refractivity contribution in [3.63, 3.8) is 0 Å². The predicted molar refractivity (Wildman–Crippen MR) is 83.0 cm³/mol. The van der Waals surface area contributed by atoms with Crippen LogP contribution in [0.1, 0.15) is 26.7 Å². The first-order valence-corrected chi connectivity index (χ1v) is 8.21. The molecule has 4 nitrogen and oxygen atoms in total. The molecule has 19 heavy (non-hydrogen) atoms. The number of aliphatic imine (C=N–C) groups is 1. The second kappa shape index (κ2) is 6.46. The van der Waals surface area contributed by atoms with Crippen LogP contribution in [0.15, 0.2) is 4.99 Å². The van der Waals surface area contributed by atoms with Crippen LogP contribution in [-0.4, -0.2) is 61.3 Å². The summed E-state index contributed by atoms with van der Waals surface area (Å²) in [5, 5.41) is 4.82. The minimum absolute atomic E-state index is 0.251. The fourth-order valence-corrected chi connectivity index (χ4v) is 3.80. The van der Waals surface area contributed by atoms with Crippen molar-refractivity contribution >= 4 is 16.9 Å². The molecule has 0 aliphatic carbocycles. The molecule has 110 valence electrons. The monoisotopic (exact) mass is 285 g/mol. The van der Waals surface area contributed by atoms with Crippen LogP contribution in [0.2, 0.25) is 0 Å². The smallest absolute Gasteiger partial charge is 0.157 e. The highest BCUT2D eigenvalue weighted by Gasteiger charge is 2.38. The predicted octanol–water partition coefficient (Wildman–Crippen LogP) is 1.81. The average molecular weight is 285 g/mol. The van der Waals surface area contributed by atoms with Crippen LogP contribution in [0.5, 0.6) is 0 Å². The summed E-state index contributed by atoms with van der Waals surface area (Å²) in [6.45, 7) is 7.28. The topological polar surface area (TPSA) is 36.9 Å². The largest absolute Gasteiger partial charge is 0.381 e. The van der Waals surface area contributed by atoms with Crippen molar-refractivity contribution in [1.29, 1.82) is 0 Å². The fourth-order valence-electron chi connectivity index (χ4n) is 2.53. The summed E-state index contributed by atoms with van der Waals surface area (Å²) in [5.74, 6) is 1.71. The molecule has 2 heterocycles. The lowest BCUT2D eigenvalue weighted by molar-refractivity contribution is 0.0555. The first-order valence-electron chi connectivity index (χ1n) is 7.22. The summed E-state index contributed by atoms with van der Waals surface area (Å²) in [5.41, 5.74) is 0.251. The van der Waals surface area contributed by atoms with Gasteiger partial charge in [0, 0.05) is 25.5 Å². The molecule has 2 saturated heterocycles. The molecular weight excluding hydrogens is 258 g/mol. The molecule has 0 aromatic carbocycles. The number of nitrogens with zero attached hydrogens (tertiary/aromatic N) is 2. The highest BCUT2D eigenvalue weighted by Crippen LogP contribution is 2.32. The summed E-state index contributed by atoms with van der Waals surface area (Å²) in [7, 11) is 4.23. The van der Waals surface area contributed by atoms with E-state index in [4.69, 9.17) is 9.73 Å². The lowest BCUT2D eigenvalue weighted by atomic mass is 9.93. The van der Waals surface area contributed by atoms with Gasteiger partial charge >= 0.3 is 0 Å². The number of ether oxygens (including phenoxy) is 1. The maximum absolute atomic E-state index is 5.47. The first-order chi connectivity index (χ1) is 9.01. The Morgan fingerprint density at radius 3 is 2.63 bits per heavy atom. The minimum Gasteiger partial charge on any atom is -0.381 e. The van der Waals surface area contributed by atoms with Gasteiger partial charge in [-0.25, -0.2) is 0 Å². The van der Waals surface area contributed by atoms with Crippen molar-refractivity contribution in [1.82, 2.24) is 10.2 Å². The maximum atomic E-state index is 5.47. The Hall–Kier alpha value is -0.260. The Balaban J connectivity index is 1.99. The van der Waals surface area contributed by atoms with E-state index in [2.05, 4.69) is 38.2 Å². The van der Waals surface area contributed by atoms with E-state index < -0.39 is 0 Å². The normalized spacial score (nSPS) is 26.3. The zero-order valence-corrected chi connectivity index (χ0v) is 13.4. The van der Waals surface area contributed by atoms with Crippen LogP contribution in [0, 0.1) is 5.92 Å².